The van der Waals surface area contributed by atoms with Crippen LogP contribution in [0.4, 0.5) is 0 Å². The fraction of sp³-hybridized carbons (Fsp3) is 0.455. The standard InChI is InChI=1S/C11H16ClNO3S/c1-16-11-4-3-10(12)7-9(11)8-17(14,15)6-2-5-13/h3-4,7H,2,5-6,8,13H2,1H3. The molecule has 0 unspecified atom stereocenters. The van der Waals surface area contributed by atoms with Crippen molar-refractivity contribution in [3.8, 4) is 5.75 Å². The van der Waals surface area contributed by atoms with E-state index in [1.165, 1.54) is 7.11 Å². The molecule has 0 atom stereocenters. The molecule has 17 heavy (non-hydrogen) atoms. The summed E-state index contributed by atoms with van der Waals surface area (Å²) in [6.45, 7) is 0.367. The van der Waals surface area contributed by atoms with Gasteiger partial charge in [0.2, 0.25) is 0 Å². The molecular weight excluding hydrogens is 262 g/mol. The molecule has 0 aliphatic heterocycles. The van der Waals surface area contributed by atoms with Crippen LogP contribution in [0.2, 0.25) is 5.02 Å². The average Bonchev–Trinajstić information content (AvgIpc) is 2.26. The van der Waals surface area contributed by atoms with Crippen molar-refractivity contribution in [1.29, 1.82) is 0 Å². The van der Waals surface area contributed by atoms with Gasteiger partial charge in [-0.25, -0.2) is 8.42 Å². The molecule has 1 rings (SSSR count). The summed E-state index contributed by atoms with van der Waals surface area (Å²) in [4.78, 5) is 0. The second kappa shape index (κ2) is 6.23. The van der Waals surface area contributed by atoms with E-state index in [1.54, 1.807) is 18.2 Å². The lowest BCUT2D eigenvalue weighted by Gasteiger charge is -2.09. The summed E-state index contributed by atoms with van der Waals surface area (Å²) in [5.74, 6) is 0.543. The predicted molar refractivity (Wildman–Crippen MR) is 69.2 cm³/mol. The number of halogens is 1. The van der Waals surface area contributed by atoms with Crippen molar-refractivity contribution < 1.29 is 13.2 Å². The van der Waals surface area contributed by atoms with Gasteiger partial charge >= 0.3 is 0 Å². The number of sulfone groups is 1. The highest BCUT2D eigenvalue weighted by atomic mass is 35.5. The Morgan fingerprint density at radius 1 is 1.41 bits per heavy atom. The van der Waals surface area contributed by atoms with E-state index in [-0.39, 0.29) is 11.5 Å². The molecule has 1 aromatic carbocycles. The van der Waals surface area contributed by atoms with Gasteiger partial charge in [0, 0.05) is 10.6 Å². The van der Waals surface area contributed by atoms with Gasteiger partial charge in [0.1, 0.15) is 5.75 Å². The van der Waals surface area contributed by atoms with Crippen molar-refractivity contribution in [3.05, 3.63) is 28.8 Å². The van der Waals surface area contributed by atoms with Gasteiger partial charge < -0.3 is 10.5 Å². The first kappa shape index (κ1) is 14.3. The zero-order valence-corrected chi connectivity index (χ0v) is 11.2. The molecule has 0 aromatic heterocycles. The molecule has 1 aromatic rings. The zero-order chi connectivity index (χ0) is 12.9. The maximum absolute atomic E-state index is 11.8. The van der Waals surface area contributed by atoms with Crippen LogP contribution in [0.3, 0.4) is 0 Å². The first-order chi connectivity index (χ1) is 7.98. The molecule has 0 spiro atoms. The van der Waals surface area contributed by atoms with Gasteiger partial charge in [0.15, 0.2) is 9.84 Å². The number of methoxy groups -OCH3 is 1. The van der Waals surface area contributed by atoms with Crippen LogP contribution in [-0.4, -0.2) is 27.8 Å². The summed E-state index contributed by atoms with van der Waals surface area (Å²) in [6.07, 6.45) is 0.464. The fourth-order valence-electron chi connectivity index (χ4n) is 1.47. The van der Waals surface area contributed by atoms with Crippen LogP contribution in [0, 0.1) is 0 Å². The minimum absolute atomic E-state index is 0.0727. The van der Waals surface area contributed by atoms with E-state index in [9.17, 15) is 8.42 Å². The molecule has 4 nitrogen and oxygen atoms in total. The third-order valence-corrected chi connectivity index (χ3v) is 4.17. The van der Waals surface area contributed by atoms with Crippen LogP contribution in [0.5, 0.6) is 5.75 Å². The average molecular weight is 278 g/mol. The van der Waals surface area contributed by atoms with E-state index < -0.39 is 9.84 Å². The summed E-state index contributed by atoms with van der Waals surface area (Å²) in [5.41, 5.74) is 5.88. The maximum atomic E-state index is 11.8. The quantitative estimate of drug-likeness (QED) is 0.858. The van der Waals surface area contributed by atoms with Gasteiger partial charge in [0.25, 0.3) is 0 Å². The van der Waals surface area contributed by atoms with Gasteiger partial charge in [-0.3, -0.25) is 0 Å². The molecule has 0 bridgehead atoms. The molecule has 0 radical (unpaired) electrons. The number of hydrogen-bond donors (Lipinski definition) is 1. The van der Waals surface area contributed by atoms with Crippen LogP contribution in [-0.2, 0) is 15.6 Å². The third kappa shape index (κ3) is 4.53. The van der Waals surface area contributed by atoms with Gasteiger partial charge in [-0.15, -0.1) is 0 Å². The molecule has 96 valence electrons. The first-order valence-corrected chi connectivity index (χ1v) is 7.41. The Labute approximate surface area is 107 Å². The van der Waals surface area contributed by atoms with Crippen LogP contribution in [0.15, 0.2) is 18.2 Å². The number of benzene rings is 1. The summed E-state index contributed by atoms with van der Waals surface area (Å²) < 4.78 is 28.7. The van der Waals surface area contributed by atoms with Crippen LogP contribution in [0.25, 0.3) is 0 Å². The normalized spacial score (nSPS) is 11.5. The van der Waals surface area contributed by atoms with Crippen molar-refractivity contribution >= 4 is 21.4 Å². The van der Waals surface area contributed by atoms with Crippen molar-refractivity contribution in [2.45, 2.75) is 12.2 Å². The highest BCUT2D eigenvalue weighted by Gasteiger charge is 2.15. The Morgan fingerprint density at radius 3 is 2.71 bits per heavy atom. The van der Waals surface area contributed by atoms with E-state index in [2.05, 4.69) is 0 Å². The van der Waals surface area contributed by atoms with Crippen LogP contribution in [0.1, 0.15) is 12.0 Å². The van der Waals surface area contributed by atoms with Gasteiger partial charge in [0.05, 0.1) is 18.6 Å². The lowest BCUT2D eigenvalue weighted by molar-refractivity contribution is 0.411. The summed E-state index contributed by atoms with van der Waals surface area (Å²) in [6, 6.07) is 4.94. The summed E-state index contributed by atoms with van der Waals surface area (Å²) in [5, 5.41) is 0.495. The number of hydrogen-bond acceptors (Lipinski definition) is 4. The molecule has 0 heterocycles. The number of ether oxygens (including phenoxy) is 1. The molecule has 0 saturated carbocycles. The van der Waals surface area contributed by atoms with Crippen LogP contribution < -0.4 is 10.5 Å². The van der Waals surface area contributed by atoms with Crippen molar-refractivity contribution in [1.82, 2.24) is 0 Å². The molecule has 0 fully saturated rings. The van der Waals surface area contributed by atoms with Crippen molar-refractivity contribution in [2.75, 3.05) is 19.4 Å². The fourth-order valence-corrected chi connectivity index (χ4v) is 3.12. The van der Waals surface area contributed by atoms with Crippen molar-refractivity contribution in [2.24, 2.45) is 5.73 Å². The minimum atomic E-state index is -3.16. The molecule has 6 heteroatoms. The van der Waals surface area contributed by atoms with Crippen LogP contribution >= 0.6 is 11.6 Å². The Hall–Kier alpha value is -0.780. The maximum Gasteiger partial charge on any atom is 0.154 e. The Balaban J connectivity index is 2.90. The molecule has 0 aliphatic carbocycles. The molecule has 0 aliphatic rings. The smallest absolute Gasteiger partial charge is 0.154 e. The molecule has 0 saturated heterocycles. The Morgan fingerprint density at radius 2 is 2.12 bits per heavy atom. The lowest BCUT2D eigenvalue weighted by Crippen LogP contribution is -2.13. The SMILES string of the molecule is COc1ccc(Cl)cc1CS(=O)(=O)CCCN. The second-order valence-corrected chi connectivity index (χ2v) is 6.31. The van der Waals surface area contributed by atoms with E-state index in [1.807, 2.05) is 0 Å². The summed E-state index contributed by atoms with van der Waals surface area (Å²) in [7, 11) is -1.67. The van der Waals surface area contributed by atoms with E-state index in [0.29, 0.717) is 29.3 Å². The lowest BCUT2D eigenvalue weighted by atomic mass is 10.2. The van der Waals surface area contributed by atoms with Gasteiger partial charge in [-0.05, 0) is 31.2 Å². The summed E-state index contributed by atoms with van der Waals surface area (Å²) >= 11 is 5.84. The first-order valence-electron chi connectivity index (χ1n) is 5.21. The topological polar surface area (TPSA) is 69.4 Å². The number of nitrogens with two attached hydrogens (primary N) is 1. The highest BCUT2D eigenvalue weighted by Crippen LogP contribution is 2.24. The van der Waals surface area contributed by atoms with Crippen molar-refractivity contribution in [3.63, 3.8) is 0 Å². The number of rotatable bonds is 6. The van der Waals surface area contributed by atoms with E-state index >= 15 is 0 Å². The van der Waals surface area contributed by atoms with E-state index in [4.69, 9.17) is 22.1 Å². The molecular formula is C11H16ClNO3S. The largest absolute Gasteiger partial charge is 0.496 e. The third-order valence-electron chi connectivity index (χ3n) is 2.28. The Kier molecular flexibility index (Phi) is 5.24. The molecule has 0 amide bonds. The highest BCUT2D eigenvalue weighted by molar-refractivity contribution is 7.90. The zero-order valence-electron chi connectivity index (χ0n) is 9.65. The van der Waals surface area contributed by atoms with E-state index in [0.717, 1.165) is 0 Å². The van der Waals surface area contributed by atoms with Gasteiger partial charge in [-0.1, -0.05) is 11.6 Å². The second-order valence-electron chi connectivity index (χ2n) is 3.69. The minimum Gasteiger partial charge on any atom is -0.496 e. The molecule has 2 N–H and O–H groups in total. The predicted octanol–water partition coefficient (Wildman–Crippen LogP) is 1.61. The Bertz CT molecular complexity index is 474. The van der Waals surface area contributed by atoms with Gasteiger partial charge in [-0.2, -0.15) is 0 Å². The monoisotopic (exact) mass is 277 g/mol.